The highest BCUT2D eigenvalue weighted by molar-refractivity contribution is 7.23. The Hall–Kier alpha value is -1.62. The van der Waals surface area contributed by atoms with Crippen LogP contribution < -0.4 is 4.74 Å². The summed E-state index contributed by atoms with van der Waals surface area (Å²) >= 11 is 1.66. The first-order valence-electron chi connectivity index (χ1n) is 5.72. The average molecular weight is 247 g/mol. The zero-order valence-corrected chi connectivity index (χ0v) is 10.6. The SMILES string of the molecule is CCOc1ccc2sc3nnc(CC)n3c2c1. The summed E-state index contributed by atoms with van der Waals surface area (Å²) in [6.07, 6.45) is 0.881. The van der Waals surface area contributed by atoms with E-state index >= 15 is 0 Å². The van der Waals surface area contributed by atoms with Gasteiger partial charge < -0.3 is 4.74 Å². The molecule has 3 aromatic rings. The van der Waals surface area contributed by atoms with Crippen molar-refractivity contribution in [3.05, 3.63) is 24.0 Å². The third-order valence-electron chi connectivity index (χ3n) is 2.70. The van der Waals surface area contributed by atoms with Gasteiger partial charge in [0.1, 0.15) is 11.6 Å². The predicted molar refractivity (Wildman–Crippen MR) is 68.9 cm³/mol. The molecule has 0 radical (unpaired) electrons. The molecule has 0 aliphatic carbocycles. The van der Waals surface area contributed by atoms with E-state index in [1.807, 2.05) is 13.0 Å². The van der Waals surface area contributed by atoms with Crippen molar-refractivity contribution in [3.8, 4) is 5.75 Å². The number of rotatable bonds is 3. The molecular formula is C12H13N3OS. The van der Waals surface area contributed by atoms with E-state index in [9.17, 15) is 0 Å². The molecule has 0 amide bonds. The van der Waals surface area contributed by atoms with Crippen molar-refractivity contribution in [1.82, 2.24) is 14.6 Å². The number of hydrogen-bond donors (Lipinski definition) is 0. The largest absolute Gasteiger partial charge is 0.494 e. The van der Waals surface area contributed by atoms with Crippen molar-refractivity contribution in [1.29, 1.82) is 0 Å². The normalized spacial score (nSPS) is 11.4. The van der Waals surface area contributed by atoms with E-state index in [0.29, 0.717) is 6.61 Å². The van der Waals surface area contributed by atoms with Gasteiger partial charge in [-0.3, -0.25) is 4.40 Å². The molecule has 0 aliphatic rings. The van der Waals surface area contributed by atoms with Crippen LogP contribution in [0.15, 0.2) is 18.2 Å². The van der Waals surface area contributed by atoms with Crippen LogP contribution in [0.25, 0.3) is 15.2 Å². The zero-order valence-electron chi connectivity index (χ0n) is 9.80. The van der Waals surface area contributed by atoms with Crippen LogP contribution in [0.1, 0.15) is 19.7 Å². The number of nitrogens with zero attached hydrogens (tertiary/aromatic N) is 3. The molecule has 0 spiro atoms. The van der Waals surface area contributed by atoms with Crippen molar-refractivity contribution >= 4 is 26.5 Å². The molecule has 1 aromatic carbocycles. The van der Waals surface area contributed by atoms with E-state index < -0.39 is 0 Å². The van der Waals surface area contributed by atoms with Crippen LogP contribution in [0.3, 0.4) is 0 Å². The van der Waals surface area contributed by atoms with E-state index in [4.69, 9.17) is 4.74 Å². The molecule has 2 heterocycles. The minimum absolute atomic E-state index is 0.682. The van der Waals surface area contributed by atoms with Crippen molar-refractivity contribution < 1.29 is 4.74 Å². The van der Waals surface area contributed by atoms with Gasteiger partial charge in [0.15, 0.2) is 0 Å². The summed E-state index contributed by atoms with van der Waals surface area (Å²) in [7, 11) is 0. The van der Waals surface area contributed by atoms with Gasteiger partial charge in [-0.1, -0.05) is 18.3 Å². The second kappa shape index (κ2) is 4.00. The van der Waals surface area contributed by atoms with Gasteiger partial charge in [0.25, 0.3) is 0 Å². The molecule has 88 valence electrons. The lowest BCUT2D eigenvalue weighted by Crippen LogP contribution is -1.93. The fraction of sp³-hybridized carbons (Fsp3) is 0.333. The van der Waals surface area contributed by atoms with Gasteiger partial charge in [0.2, 0.25) is 4.96 Å². The molecule has 4 nitrogen and oxygen atoms in total. The Labute approximate surface area is 103 Å². The van der Waals surface area contributed by atoms with Gasteiger partial charge in [0.05, 0.1) is 16.8 Å². The molecule has 0 unspecified atom stereocenters. The first kappa shape index (κ1) is 10.5. The van der Waals surface area contributed by atoms with Crippen LogP contribution in [-0.2, 0) is 6.42 Å². The van der Waals surface area contributed by atoms with Crippen molar-refractivity contribution in [2.75, 3.05) is 6.61 Å². The van der Waals surface area contributed by atoms with Gasteiger partial charge in [0, 0.05) is 12.5 Å². The summed E-state index contributed by atoms with van der Waals surface area (Å²) in [6, 6.07) is 6.14. The summed E-state index contributed by atoms with van der Waals surface area (Å²) in [5.74, 6) is 1.90. The molecule has 17 heavy (non-hydrogen) atoms. The van der Waals surface area contributed by atoms with Crippen LogP contribution in [0.2, 0.25) is 0 Å². The van der Waals surface area contributed by atoms with Crippen LogP contribution in [0.5, 0.6) is 5.75 Å². The first-order chi connectivity index (χ1) is 8.33. The second-order valence-electron chi connectivity index (χ2n) is 3.75. The lowest BCUT2D eigenvalue weighted by Gasteiger charge is -2.02. The number of aryl methyl sites for hydroxylation is 1. The van der Waals surface area contributed by atoms with Crippen molar-refractivity contribution in [3.63, 3.8) is 0 Å². The summed E-state index contributed by atoms with van der Waals surface area (Å²) in [6.45, 7) is 4.76. The third kappa shape index (κ3) is 1.58. The molecule has 0 aliphatic heterocycles. The minimum atomic E-state index is 0.682. The number of fused-ring (bicyclic) bond motifs is 3. The Morgan fingerprint density at radius 1 is 1.29 bits per heavy atom. The van der Waals surface area contributed by atoms with Gasteiger partial charge >= 0.3 is 0 Å². The fourth-order valence-electron chi connectivity index (χ4n) is 1.95. The maximum Gasteiger partial charge on any atom is 0.217 e. The topological polar surface area (TPSA) is 39.4 Å². The fourth-order valence-corrected chi connectivity index (χ4v) is 2.91. The number of thiazole rings is 1. The summed E-state index contributed by atoms with van der Waals surface area (Å²) in [5.41, 5.74) is 1.14. The molecule has 5 heteroatoms. The smallest absolute Gasteiger partial charge is 0.217 e. The van der Waals surface area contributed by atoms with E-state index in [2.05, 4.69) is 33.7 Å². The van der Waals surface area contributed by atoms with Gasteiger partial charge in [-0.2, -0.15) is 0 Å². The Kier molecular flexibility index (Phi) is 2.48. The zero-order chi connectivity index (χ0) is 11.8. The Bertz CT molecular complexity index is 671. The summed E-state index contributed by atoms with van der Waals surface area (Å²) in [5, 5.41) is 8.38. The van der Waals surface area contributed by atoms with Crippen molar-refractivity contribution in [2.45, 2.75) is 20.3 Å². The number of benzene rings is 1. The maximum atomic E-state index is 5.53. The van der Waals surface area contributed by atoms with Crippen molar-refractivity contribution in [2.24, 2.45) is 0 Å². The molecule has 0 N–H and O–H groups in total. The lowest BCUT2D eigenvalue weighted by atomic mass is 10.3. The lowest BCUT2D eigenvalue weighted by molar-refractivity contribution is 0.340. The summed E-state index contributed by atoms with van der Waals surface area (Å²) in [4.78, 5) is 0.950. The quantitative estimate of drug-likeness (QED) is 0.714. The Balaban J connectivity index is 2.30. The molecule has 0 fully saturated rings. The molecule has 0 atom stereocenters. The monoisotopic (exact) mass is 247 g/mol. The summed E-state index contributed by atoms with van der Waals surface area (Å²) < 4.78 is 8.86. The standard InChI is InChI=1S/C12H13N3OS/c1-3-11-13-14-12-15(11)9-7-8(16-4-2)5-6-10(9)17-12/h5-7H,3-4H2,1-2H3. The average Bonchev–Trinajstić information content (AvgIpc) is 2.88. The third-order valence-corrected chi connectivity index (χ3v) is 3.71. The van der Waals surface area contributed by atoms with E-state index in [-0.39, 0.29) is 0 Å². The molecule has 3 rings (SSSR count). The molecule has 0 saturated carbocycles. The van der Waals surface area contributed by atoms with Gasteiger partial charge in [-0.05, 0) is 19.1 Å². The second-order valence-corrected chi connectivity index (χ2v) is 4.76. The molecule has 0 saturated heterocycles. The minimum Gasteiger partial charge on any atom is -0.494 e. The highest BCUT2D eigenvalue weighted by Crippen LogP contribution is 2.29. The Morgan fingerprint density at radius 3 is 2.94 bits per heavy atom. The highest BCUT2D eigenvalue weighted by atomic mass is 32.1. The van der Waals surface area contributed by atoms with Crippen LogP contribution in [-0.4, -0.2) is 21.2 Å². The van der Waals surface area contributed by atoms with Gasteiger partial charge in [-0.25, -0.2) is 0 Å². The van der Waals surface area contributed by atoms with Gasteiger partial charge in [-0.15, -0.1) is 10.2 Å². The predicted octanol–water partition coefficient (Wildman–Crippen LogP) is 2.91. The number of aromatic nitrogens is 3. The molecular weight excluding hydrogens is 234 g/mol. The maximum absolute atomic E-state index is 5.53. The Morgan fingerprint density at radius 2 is 2.18 bits per heavy atom. The van der Waals surface area contributed by atoms with E-state index in [1.165, 1.54) is 4.70 Å². The number of hydrogen-bond acceptors (Lipinski definition) is 4. The molecule has 0 bridgehead atoms. The molecule has 2 aromatic heterocycles. The highest BCUT2D eigenvalue weighted by Gasteiger charge is 2.11. The van der Waals surface area contributed by atoms with Crippen LogP contribution >= 0.6 is 11.3 Å². The first-order valence-corrected chi connectivity index (χ1v) is 6.54. The number of ether oxygens (including phenoxy) is 1. The van der Waals surface area contributed by atoms with E-state index in [0.717, 1.165) is 28.5 Å². The van der Waals surface area contributed by atoms with Crippen LogP contribution in [0.4, 0.5) is 0 Å². The van der Waals surface area contributed by atoms with E-state index in [1.54, 1.807) is 11.3 Å². The van der Waals surface area contributed by atoms with Crippen LogP contribution in [0, 0.1) is 0 Å².